The third kappa shape index (κ3) is 5.68. The highest BCUT2D eigenvalue weighted by atomic mass is 32.2. The second-order valence-corrected chi connectivity index (χ2v) is 7.20. The van der Waals surface area contributed by atoms with E-state index in [1.54, 1.807) is 12.1 Å². The van der Waals surface area contributed by atoms with E-state index in [-0.39, 0.29) is 5.56 Å². The van der Waals surface area contributed by atoms with Crippen molar-refractivity contribution in [1.29, 1.82) is 0 Å². The summed E-state index contributed by atoms with van der Waals surface area (Å²) in [5.41, 5.74) is 5.18. The van der Waals surface area contributed by atoms with Crippen LogP contribution < -0.4 is 5.43 Å². The number of carbonyl (C=O) groups excluding carboxylic acids is 1. The van der Waals surface area contributed by atoms with Crippen molar-refractivity contribution in [3.05, 3.63) is 88.2 Å². The van der Waals surface area contributed by atoms with E-state index in [1.165, 1.54) is 17.8 Å². The minimum Gasteiger partial charge on any atom is -0.267 e. The Labute approximate surface area is 171 Å². The van der Waals surface area contributed by atoms with Gasteiger partial charge in [-0.1, -0.05) is 30.0 Å². The second-order valence-electron chi connectivity index (χ2n) is 6.25. The van der Waals surface area contributed by atoms with Crippen LogP contribution in [0, 0.1) is 25.5 Å². The van der Waals surface area contributed by atoms with E-state index in [9.17, 15) is 13.6 Å². The largest absolute Gasteiger partial charge is 0.271 e. The highest BCUT2D eigenvalue weighted by molar-refractivity contribution is 7.98. The smallest absolute Gasteiger partial charge is 0.267 e. The zero-order valence-electron chi connectivity index (χ0n) is 15.8. The van der Waals surface area contributed by atoms with Crippen molar-refractivity contribution in [2.75, 3.05) is 0 Å². The fraction of sp³-hybridized carbons (Fsp3) is 0.143. The third-order valence-corrected chi connectivity index (χ3v) is 4.82. The normalized spacial score (nSPS) is 11.0. The van der Waals surface area contributed by atoms with Crippen molar-refractivity contribution in [2.24, 2.45) is 5.10 Å². The zero-order chi connectivity index (χ0) is 20.8. The van der Waals surface area contributed by atoms with Crippen molar-refractivity contribution < 1.29 is 13.6 Å². The molecule has 0 fully saturated rings. The van der Waals surface area contributed by atoms with Gasteiger partial charge in [0.2, 0.25) is 0 Å². The maximum Gasteiger partial charge on any atom is 0.271 e. The summed E-state index contributed by atoms with van der Waals surface area (Å²) in [4.78, 5) is 20.9. The Morgan fingerprint density at radius 1 is 1.07 bits per heavy atom. The topological polar surface area (TPSA) is 67.2 Å². The lowest BCUT2D eigenvalue weighted by Gasteiger charge is -2.05. The number of benzene rings is 2. The van der Waals surface area contributed by atoms with Crippen LogP contribution in [-0.4, -0.2) is 22.1 Å². The summed E-state index contributed by atoms with van der Waals surface area (Å²) in [5, 5.41) is 4.34. The second kappa shape index (κ2) is 9.38. The Kier molecular flexibility index (Phi) is 6.66. The molecule has 0 aliphatic rings. The number of hydrazone groups is 1. The Balaban J connectivity index is 1.58. The maximum absolute atomic E-state index is 13.5. The summed E-state index contributed by atoms with van der Waals surface area (Å²) < 4.78 is 27.1. The van der Waals surface area contributed by atoms with Gasteiger partial charge in [-0.2, -0.15) is 5.10 Å². The first-order valence-electron chi connectivity index (χ1n) is 8.74. The highest BCUT2D eigenvalue weighted by Gasteiger charge is 2.08. The molecule has 0 atom stereocenters. The molecule has 0 spiro atoms. The van der Waals surface area contributed by atoms with Crippen molar-refractivity contribution in [3.8, 4) is 0 Å². The number of amides is 1. The van der Waals surface area contributed by atoms with Crippen molar-refractivity contribution >= 4 is 23.9 Å². The van der Waals surface area contributed by atoms with E-state index >= 15 is 0 Å². The van der Waals surface area contributed by atoms with Crippen molar-refractivity contribution in [1.82, 2.24) is 15.4 Å². The molecule has 0 unspecified atom stereocenters. The van der Waals surface area contributed by atoms with Crippen LogP contribution in [0.4, 0.5) is 8.78 Å². The molecular weight excluding hydrogens is 394 g/mol. The van der Waals surface area contributed by atoms with Crippen LogP contribution in [0.1, 0.15) is 32.9 Å². The summed E-state index contributed by atoms with van der Waals surface area (Å²) in [7, 11) is 0. The van der Waals surface area contributed by atoms with Gasteiger partial charge in [0.15, 0.2) is 5.16 Å². The molecule has 8 heteroatoms. The van der Waals surface area contributed by atoms with E-state index in [1.807, 2.05) is 32.0 Å². The molecule has 3 rings (SSSR count). The maximum atomic E-state index is 13.5. The van der Waals surface area contributed by atoms with Crippen LogP contribution >= 0.6 is 11.8 Å². The number of halogens is 2. The van der Waals surface area contributed by atoms with Crippen LogP contribution in [0.5, 0.6) is 0 Å². The van der Waals surface area contributed by atoms with E-state index in [4.69, 9.17) is 0 Å². The van der Waals surface area contributed by atoms with Gasteiger partial charge in [0.1, 0.15) is 11.6 Å². The molecule has 0 saturated heterocycles. The van der Waals surface area contributed by atoms with Gasteiger partial charge in [-0.25, -0.2) is 24.2 Å². The van der Waals surface area contributed by atoms with Gasteiger partial charge in [0, 0.05) is 22.7 Å². The monoisotopic (exact) mass is 412 g/mol. The van der Waals surface area contributed by atoms with E-state index in [0.29, 0.717) is 16.5 Å². The third-order valence-electron chi connectivity index (χ3n) is 3.91. The number of nitrogens with zero attached hydrogens (tertiary/aromatic N) is 3. The number of aromatic nitrogens is 2. The number of nitrogens with one attached hydrogen (secondary N) is 1. The fourth-order valence-corrected chi connectivity index (χ4v) is 3.42. The summed E-state index contributed by atoms with van der Waals surface area (Å²) in [6.45, 7) is 3.85. The Morgan fingerprint density at radius 3 is 2.31 bits per heavy atom. The Bertz CT molecular complexity index is 1010. The predicted molar refractivity (Wildman–Crippen MR) is 109 cm³/mol. The summed E-state index contributed by atoms with van der Waals surface area (Å²) in [6, 6.07) is 12.4. The SMILES string of the molecule is Cc1cc(C)nc(SCc2ccc(C(=O)N/N=C/c3c(F)cccc3F)cc2)n1. The first-order chi connectivity index (χ1) is 13.9. The van der Waals surface area contributed by atoms with Gasteiger partial charge < -0.3 is 0 Å². The molecule has 1 aromatic heterocycles. The number of hydrogen-bond acceptors (Lipinski definition) is 5. The van der Waals surface area contributed by atoms with Gasteiger partial charge in [-0.05, 0) is 49.7 Å². The molecule has 3 aromatic rings. The number of aryl methyl sites for hydroxylation is 2. The quantitative estimate of drug-likeness (QED) is 0.282. The molecule has 1 heterocycles. The lowest BCUT2D eigenvalue weighted by molar-refractivity contribution is 0.0955. The molecule has 0 aliphatic carbocycles. The summed E-state index contributed by atoms with van der Waals surface area (Å²) in [6.07, 6.45) is 0.942. The molecule has 1 N–H and O–H groups in total. The van der Waals surface area contributed by atoms with Gasteiger partial charge in [0.25, 0.3) is 5.91 Å². The van der Waals surface area contributed by atoms with Crippen molar-refractivity contribution in [2.45, 2.75) is 24.8 Å². The zero-order valence-corrected chi connectivity index (χ0v) is 16.6. The average Bonchev–Trinajstić information content (AvgIpc) is 2.68. The predicted octanol–water partition coefficient (Wildman–Crippen LogP) is 4.43. The standard InChI is InChI=1S/C21H18F2N4OS/c1-13-10-14(2)26-21(25-13)29-12-15-6-8-16(9-7-15)20(28)27-24-11-17-18(22)4-3-5-19(17)23/h3-11H,12H2,1-2H3,(H,27,28)/b24-11+. The minimum atomic E-state index is -0.752. The van der Waals surface area contributed by atoms with Crippen LogP contribution in [0.2, 0.25) is 0 Å². The van der Waals surface area contributed by atoms with Gasteiger partial charge in [-0.3, -0.25) is 4.79 Å². The molecule has 0 aliphatic heterocycles. The van der Waals surface area contributed by atoms with Crippen LogP contribution in [0.25, 0.3) is 0 Å². The van der Waals surface area contributed by atoms with Crippen LogP contribution in [0.15, 0.2) is 58.8 Å². The highest BCUT2D eigenvalue weighted by Crippen LogP contribution is 2.20. The molecule has 148 valence electrons. The van der Waals surface area contributed by atoms with Crippen LogP contribution in [0.3, 0.4) is 0 Å². The molecule has 1 amide bonds. The number of carbonyl (C=O) groups is 1. The summed E-state index contributed by atoms with van der Waals surface area (Å²) >= 11 is 1.51. The van der Waals surface area contributed by atoms with E-state index in [0.717, 1.165) is 35.3 Å². The molecule has 29 heavy (non-hydrogen) atoms. The Morgan fingerprint density at radius 2 is 1.69 bits per heavy atom. The number of rotatable bonds is 6. The van der Waals surface area contributed by atoms with Gasteiger partial charge >= 0.3 is 0 Å². The number of hydrogen-bond donors (Lipinski definition) is 1. The lowest BCUT2D eigenvalue weighted by Crippen LogP contribution is -2.17. The molecular formula is C21H18F2N4OS. The summed E-state index contributed by atoms with van der Waals surface area (Å²) in [5.74, 6) is -1.32. The van der Waals surface area contributed by atoms with Crippen LogP contribution in [-0.2, 0) is 5.75 Å². The van der Waals surface area contributed by atoms with Crippen molar-refractivity contribution in [3.63, 3.8) is 0 Å². The van der Waals surface area contributed by atoms with Gasteiger partial charge in [-0.15, -0.1) is 0 Å². The number of thioether (sulfide) groups is 1. The van der Waals surface area contributed by atoms with Gasteiger partial charge in [0.05, 0.1) is 11.8 Å². The molecule has 0 bridgehead atoms. The average molecular weight is 412 g/mol. The lowest BCUT2D eigenvalue weighted by atomic mass is 10.1. The minimum absolute atomic E-state index is 0.311. The van der Waals surface area contributed by atoms with E-state index in [2.05, 4.69) is 20.5 Å². The van der Waals surface area contributed by atoms with E-state index < -0.39 is 17.5 Å². The first-order valence-corrected chi connectivity index (χ1v) is 9.72. The molecule has 0 radical (unpaired) electrons. The first kappa shape index (κ1) is 20.6. The molecule has 5 nitrogen and oxygen atoms in total. The fourth-order valence-electron chi connectivity index (χ4n) is 2.51. The Hall–Kier alpha value is -3.13. The molecule has 2 aromatic carbocycles. The molecule has 0 saturated carbocycles.